The standard InChI is InChI=1S/C14H14N2O/c1-3-6-10(2)15-14(17)13-9-11-7-4-5-8-12(11)16-13/h1,4-5,7-10,16H,6H2,2H3,(H,15,17). The second-order valence-electron chi connectivity index (χ2n) is 4.05. The molecule has 3 heteroatoms. The predicted octanol–water partition coefficient (Wildman–Crippen LogP) is 2.31. The molecule has 0 aliphatic carbocycles. The summed E-state index contributed by atoms with van der Waals surface area (Å²) in [6, 6.07) is 9.61. The number of aromatic nitrogens is 1. The maximum Gasteiger partial charge on any atom is 0.267 e. The number of benzene rings is 1. The van der Waals surface area contributed by atoms with Gasteiger partial charge in [-0.05, 0) is 19.1 Å². The van der Waals surface area contributed by atoms with Crippen molar-refractivity contribution in [3.05, 3.63) is 36.0 Å². The predicted molar refractivity (Wildman–Crippen MR) is 68.7 cm³/mol. The van der Waals surface area contributed by atoms with Crippen LogP contribution in [0.1, 0.15) is 23.8 Å². The van der Waals surface area contributed by atoms with E-state index < -0.39 is 0 Å². The molecule has 1 heterocycles. The van der Waals surface area contributed by atoms with Crippen LogP contribution in [-0.4, -0.2) is 16.9 Å². The summed E-state index contributed by atoms with van der Waals surface area (Å²) < 4.78 is 0. The minimum absolute atomic E-state index is 0.0149. The summed E-state index contributed by atoms with van der Waals surface area (Å²) >= 11 is 0. The molecule has 2 rings (SSSR count). The first-order valence-electron chi connectivity index (χ1n) is 5.53. The lowest BCUT2D eigenvalue weighted by Crippen LogP contribution is -2.32. The summed E-state index contributed by atoms with van der Waals surface area (Å²) in [5.74, 6) is 2.40. The summed E-state index contributed by atoms with van der Waals surface area (Å²) in [5.41, 5.74) is 1.53. The number of hydrogen-bond acceptors (Lipinski definition) is 1. The Balaban J connectivity index is 2.17. The van der Waals surface area contributed by atoms with E-state index in [4.69, 9.17) is 6.42 Å². The molecule has 0 aliphatic heterocycles. The minimum Gasteiger partial charge on any atom is -0.351 e. The molecular weight excluding hydrogens is 212 g/mol. The van der Waals surface area contributed by atoms with Gasteiger partial charge in [-0.3, -0.25) is 4.79 Å². The maximum atomic E-state index is 11.9. The molecule has 1 aromatic heterocycles. The average molecular weight is 226 g/mol. The molecule has 3 nitrogen and oxygen atoms in total. The van der Waals surface area contributed by atoms with Gasteiger partial charge in [0.25, 0.3) is 5.91 Å². The number of rotatable bonds is 3. The molecule has 1 unspecified atom stereocenters. The van der Waals surface area contributed by atoms with Crippen LogP contribution < -0.4 is 5.32 Å². The summed E-state index contributed by atoms with van der Waals surface area (Å²) in [4.78, 5) is 15.0. The number of para-hydroxylation sites is 1. The fourth-order valence-corrected chi connectivity index (χ4v) is 1.73. The van der Waals surface area contributed by atoms with E-state index in [9.17, 15) is 4.79 Å². The minimum atomic E-state index is -0.121. The molecular formula is C14H14N2O. The van der Waals surface area contributed by atoms with Crippen molar-refractivity contribution in [1.82, 2.24) is 10.3 Å². The van der Waals surface area contributed by atoms with Crippen molar-refractivity contribution in [2.45, 2.75) is 19.4 Å². The molecule has 1 amide bonds. The van der Waals surface area contributed by atoms with Gasteiger partial charge in [-0.15, -0.1) is 12.3 Å². The van der Waals surface area contributed by atoms with Gasteiger partial charge in [-0.25, -0.2) is 0 Å². The second-order valence-corrected chi connectivity index (χ2v) is 4.05. The van der Waals surface area contributed by atoms with E-state index >= 15 is 0 Å². The number of H-pyrrole nitrogens is 1. The number of amides is 1. The van der Waals surface area contributed by atoms with Gasteiger partial charge in [0.15, 0.2) is 0 Å². The van der Waals surface area contributed by atoms with E-state index in [0.717, 1.165) is 10.9 Å². The third-order valence-corrected chi connectivity index (χ3v) is 2.58. The van der Waals surface area contributed by atoms with Gasteiger partial charge in [0.2, 0.25) is 0 Å². The molecule has 2 N–H and O–H groups in total. The first kappa shape index (κ1) is 11.3. The fraction of sp³-hybridized carbons (Fsp3) is 0.214. The van der Waals surface area contributed by atoms with E-state index in [1.54, 1.807) is 0 Å². The number of carbonyl (C=O) groups excluding carboxylic acids is 1. The van der Waals surface area contributed by atoms with Crippen LogP contribution in [0.3, 0.4) is 0 Å². The number of carbonyl (C=O) groups is 1. The molecule has 0 bridgehead atoms. The van der Waals surface area contributed by atoms with Gasteiger partial charge in [0, 0.05) is 23.4 Å². The number of aromatic amines is 1. The first-order valence-corrected chi connectivity index (χ1v) is 5.53. The van der Waals surface area contributed by atoms with Crippen LogP contribution >= 0.6 is 0 Å². The Labute approximate surface area is 100 Å². The van der Waals surface area contributed by atoms with E-state index in [1.165, 1.54) is 0 Å². The van der Waals surface area contributed by atoms with Crippen molar-refractivity contribution in [1.29, 1.82) is 0 Å². The van der Waals surface area contributed by atoms with Gasteiger partial charge in [0.1, 0.15) is 5.69 Å². The smallest absolute Gasteiger partial charge is 0.267 e. The zero-order valence-corrected chi connectivity index (χ0v) is 9.66. The number of terminal acetylenes is 1. The highest BCUT2D eigenvalue weighted by Crippen LogP contribution is 2.14. The molecule has 17 heavy (non-hydrogen) atoms. The van der Waals surface area contributed by atoms with Crippen LogP contribution in [0.4, 0.5) is 0 Å². The summed E-state index contributed by atoms with van der Waals surface area (Å²) in [6.45, 7) is 1.89. The van der Waals surface area contributed by atoms with E-state index in [2.05, 4.69) is 16.2 Å². The van der Waals surface area contributed by atoms with Gasteiger partial charge >= 0.3 is 0 Å². The lowest BCUT2D eigenvalue weighted by Gasteiger charge is -2.09. The zero-order chi connectivity index (χ0) is 12.3. The average Bonchev–Trinajstić information content (AvgIpc) is 2.72. The van der Waals surface area contributed by atoms with Crippen LogP contribution in [0.25, 0.3) is 10.9 Å². The molecule has 0 radical (unpaired) electrons. The molecule has 2 aromatic rings. The van der Waals surface area contributed by atoms with Gasteiger partial charge < -0.3 is 10.3 Å². The van der Waals surface area contributed by atoms with Crippen molar-refractivity contribution >= 4 is 16.8 Å². The number of fused-ring (bicyclic) bond motifs is 1. The van der Waals surface area contributed by atoms with Crippen molar-refractivity contribution in [3.63, 3.8) is 0 Å². The third-order valence-electron chi connectivity index (χ3n) is 2.58. The summed E-state index contributed by atoms with van der Waals surface area (Å²) in [7, 11) is 0. The maximum absolute atomic E-state index is 11.9. The Morgan fingerprint density at radius 3 is 3.00 bits per heavy atom. The van der Waals surface area contributed by atoms with Crippen molar-refractivity contribution < 1.29 is 4.79 Å². The van der Waals surface area contributed by atoms with Crippen molar-refractivity contribution in [2.75, 3.05) is 0 Å². The third kappa shape index (κ3) is 2.48. The van der Waals surface area contributed by atoms with Crippen molar-refractivity contribution in [3.8, 4) is 12.3 Å². The quantitative estimate of drug-likeness (QED) is 0.775. The second kappa shape index (κ2) is 4.75. The van der Waals surface area contributed by atoms with E-state index in [1.807, 2.05) is 37.3 Å². The highest BCUT2D eigenvalue weighted by atomic mass is 16.1. The van der Waals surface area contributed by atoms with Crippen LogP contribution in [-0.2, 0) is 0 Å². The Kier molecular flexibility index (Phi) is 3.15. The normalized spacial score (nSPS) is 12.0. The topological polar surface area (TPSA) is 44.9 Å². The molecule has 0 aliphatic rings. The van der Waals surface area contributed by atoms with E-state index in [0.29, 0.717) is 12.1 Å². The monoisotopic (exact) mass is 226 g/mol. The Hall–Kier alpha value is -2.21. The molecule has 0 fully saturated rings. The molecule has 0 saturated heterocycles. The number of nitrogens with one attached hydrogen (secondary N) is 2. The Morgan fingerprint density at radius 1 is 1.53 bits per heavy atom. The van der Waals surface area contributed by atoms with Gasteiger partial charge in [-0.1, -0.05) is 18.2 Å². The lowest BCUT2D eigenvalue weighted by atomic mass is 10.2. The highest BCUT2D eigenvalue weighted by Gasteiger charge is 2.11. The molecule has 0 saturated carbocycles. The highest BCUT2D eigenvalue weighted by molar-refractivity contribution is 5.98. The largest absolute Gasteiger partial charge is 0.351 e. The molecule has 1 atom stereocenters. The van der Waals surface area contributed by atoms with Crippen LogP contribution in [0.5, 0.6) is 0 Å². The molecule has 86 valence electrons. The summed E-state index contributed by atoms with van der Waals surface area (Å²) in [5, 5.41) is 3.88. The SMILES string of the molecule is C#CCC(C)NC(=O)c1cc2ccccc2[nH]1. The van der Waals surface area contributed by atoms with Crippen LogP contribution in [0.2, 0.25) is 0 Å². The van der Waals surface area contributed by atoms with Crippen LogP contribution in [0, 0.1) is 12.3 Å². The number of hydrogen-bond donors (Lipinski definition) is 2. The van der Waals surface area contributed by atoms with E-state index in [-0.39, 0.29) is 11.9 Å². The van der Waals surface area contributed by atoms with Gasteiger partial charge in [0.05, 0.1) is 0 Å². The first-order chi connectivity index (χ1) is 8.20. The van der Waals surface area contributed by atoms with Gasteiger partial charge in [-0.2, -0.15) is 0 Å². The Bertz CT molecular complexity index is 544. The molecule has 0 spiro atoms. The summed E-state index contributed by atoms with van der Waals surface area (Å²) in [6.07, 6.45) is 5.73. The Morgan fingerprint density at radius 2 is 2.29 bits per heavy atom. The van der Waals surface area contributed by atoms with Crippen molar-refractivity contribution in [2.24, 2.45) is 0 Å². The zero-order valence-electron chi connectivity index (χ0n) is 9.66. The lowest BCUT2D eigenvalue weighted by molar-refractivity contribution is 0.0936. The van der Waals surface area contributed by atoms with Crippen LogP contribution in [0.15, 0.2) is 30.3 Å². The molecule has 1 aromatic carbocycles. The fourth-order valence-electron chi connectivity index (χ4n) is 1.73.